The number of aliphatic hydroxyl groups is 2. The van der Waals surface area contributed by atoms with Crippen molar-refractivity contribution >= 4 is 11.8 Å². The Morgan fingerprint density at radius 1 is 1.44 bits per heavy atom. The van der Waals surface area contributed by atoms with Crippen molar-refractivity contribution in [1.29, 1.82) is 0 Å². The lowest BCUT2D eigenvalue weighted by atomic mass is 10.1. The van der Waals surface area contributed by atoms with Gasteiger partial charge in [0.05, 0.1) is 37.1 Å². The maximum Gasteiger partial charge on any atom is 0.339 e. The van der Waals surface area contributed by atoms with Crippen LogP contribution in [0.5, 0.6) is 0 Å². The minimum absolute atomic E-state index is 0.233. The van der Waals surface area contributed by atoms with Gasteiger partial charge >= 0.3 is 5.97 Å². The smallest absolute Gasteiger partial charge is 0.339 e. The molecule has 6 nitrogen and oxygen atoms in total. The van der Waals surface area contributed by atoms with Gasteiger partial charge in [-0.2, -0.15) is 0 Å². The minimum atomic E-state index is -0.855. The lowest BCUT2D eigenvalue weighted by Gasteiger charge is -2.27. The second-order valence-electron chi connectivity index (χ2n) is 4.32. The number of nitrogens with zero attached hydrogens (tertiary/aromatic N) is 1. The normalized spacial score (nSPS) is 11.2. The van der Waals surface area contributed by atoms with Crippen molar-refractivity contribution in [2.45, 2.75) is 19.4 Å². The molecule has 0 atom stereocenters. The van der Waals surface area contributed by atoms with E-state index in [4.69, 9.17) is 0 Å². The Labute approximate surface area is 106 Å². The molecule has 0 aromatic carbocycles. The number of carbonyl (C=O) groups is 1. The molecule has 0 saturated carbocycles. The predicted octanol–water partition coefficient (Wildman–Crippen LogP) is 0.332. The van der Waals surface area contributed by atoms with Crippen LogP contribution in [-0.4, -0.2) is 47.0 Å². The largest absolute Gasteiger partial charge is 0.465 e. The van der Waals surface area contributed by atoms with Crippen molar-refractivity contribution in [1.82, 2.24) is 4.98 Å². The molecule has 0 fully saturated rings. The summed E-state index contributed by atoms with van der Waals surface area (Å²) in [5.74, 6) is 0.0318. The molecule has 3 N–H and O–H groups in total. The summed E-state index contributed by atoms with van der Waals surface area (Å²) >= 11 is 0. The van der Waals surface area contributed by atoms with Gasteiger partial charge in [0.1, 0.15) is 5.82 Å². The Bertz CT molecular complexity index is 430. The van der Waals surface area contributed by atoms with Crippen LogP contribution in [-0.2, 0) is 4.74 Å². The molecule has 0 spiro atoms. The first-order chi connectivity index (χ1) is 8.45. The number of hydrogen-bond donors (Lipinski definition) is 3. The Balaban J connectivity index is 2.94. The lowest BCUT2D eigenvalue weighted by Crippen LogP contribution is -2.42. The zero-order chi connectivity index (χ0) is 13.8. The number of aryl methyl sites for hydroxylation is 1. The molecule has 1 aromatic rings. The third-order valence-electron chi connectivity index (χ3n) is 2.62. The summed E-state index contributed by atoms with van der Waals surface area (Å²) in [7, 11) is 1.31. The molecule has 1 heterocycles. The van der Waals surface area contributed by atoms with E-state index in [1.807, 2.05) is 0 Å². The SMILES string of the molecule is COC(=O)c1ccc(NC(C)(CO)CO)nc1C. The molecule has 6 heteroatoms. The molecule has 0 aliphatic carbocycles. The van der Waals surface area contributed by atoms with E-state index in [0.29, 0.717) is 17.1 Å². The van der Waals surface area contributed by atoms with E-state index in [1.54, 1.807) is 26.0 Å². The standard InChI is InChI=1S/C12H18N2O4/c1-8-9(11(17)18-3)4-5-10(13-8)14-12(2,6-15)7-16/h4-5,15-16H,6-7H2,1-3H3,(H,13,14). The number of anilines is 1. The van der Waals surface area contributed by atoms with E-state index in [2.05, 4.69) is 15.0 Å². The zero-order valence-corrected chi connectivity index (χ0v) is 10.7. The Kier molecular flexibility index (Phi) is 4.63. The molecule has 0 aliphatic rings. The van der Waals surface area contributed by atoms with Crippen molar-refractivity contribution < 1.29 is 19.7 Å². The average Bonchev–Trinajstić information content (AvgIpc) is 2.38. The van der Waals surface area contributed by atoms with E-state index in [-0.39, 0.29) is 13.2 Å². The van der Waals surface area contributed by atoms with Gasteiger partial charge in [0.25, 0.3) is 0 Å². The van der Waals surface area contributed by atoms with E-state index in [1.165, 1.54) is 7.11 Å². The van der Waals surface area contributed by atoms with Crippen LogP contribution in [0.1, 0.15) is 23.0 Å². The maximum atomic E-state index is 11.4. The number of hydrogen-bond acceptors (Lipinski definition) is 6. The second-order valence-corrected chi connectivity index (χ2v) is 4.32. The summed E-state index contributed by atoms with van der Waals surface area (Å²) in [4.78, 5) is 15.6. The topological polar surface area (TPSA) is 91.7 Å². The lowest BCUT2D eigenvalue weighted by molar-refractivity contribution is 0.0599. The number of methoxy groups -OCH3 is 1. The Morgan fingerprint density at radius 2 is 2.06 bits per heavy atom. The number of nitrogens with one attached hydrogen (secondary N) is 1. The number of carbonyl (C=O) groups excluding carboxylic acids is 1. The van der Waals surface area contributed by atoms with Gasteiger partial charge in [0.15, 0.2) is 0 Å². The molecule has 18 heavy (non-hydrogen) atoms. The van der Waals surface area contributed by atoms with Crippen LogP contribution in [0, 0.1) is 6.92 Å². The molecule has 0 radical (unpaired) electrons. The molecule has 1 rings (SSSR count). The molecule has 0 aliphatic heterocycles. The molecule has 0 amide bonds. The fourth-order valence-corrected chi connectivity index (χ4v) is 1.39. The molecule has 0 unspecified atom stereocenters. The molecular weight excluding hydrogens is 236 g/mol. The van der Waals surface area contributed by atoms with Gasteiger partial charge < -0.3 is 20.3 Å². The van der Waals surface area contributed by atoms with Gasteiger partial charge in [0.2, 0.25) is 0 Å². The van der Waals surface area contributed by atoms with Crippen LogP contribution >= 0.6 is 0 Å². The second kappa shape index (κ2) is 5.79. The summed E-state index contributed by atoms with van der Waals surface area (Å²) < 4.78 is 4.62. The van der Waals surface area contributed by atoms with Gasteiger partial charge in [0, 0.05) is 0 Å². The third-order valence-corrected chi connectivity index (χ3v) is 2.62. The molecule has 0 saturated heterocycles. The van der Waals surface area contributed by atoms with E-state index in [0.717, 1.165) is 0 Å². The molecule has 1 aromatic heterocycles. The number of rotatable bonds is 5. The first kappa shape index (κ1) is 14.4. The first-order valence-electron chi connectivity index (χ1n) is 5.51. The van der Waals surface area contributed by atoms with Crippen molar-refractivity contribution in [2.75, 3.05) is 25.6 Å². The summed E-state index contributed by atoms with van der Waals surface area (Å²) in [6.45, 7) is 2.89. The van der Waals surface area contributed by atoms with Gasteiger partial charge in [-0.3, -0.25) is 0 Å². The third kappa shape index (κ3) is 3.18. The molecule has 100 valence electrons. The number of aliphatic hydroxyl groups excluding tert-OH is 2. The minimum Gasteiger partial charge on any atom is -0.465 e. The summed E-state index contributed by atoms with van der Waals surface area (Å²) in [6.07, 6.45) is 0. The van der Waals surface area contributed by atoms with E-state index >= 15 is 0 Å². The first-order valence-corrected chi connectivity index (χ1v) is 5.51. The van der Waals surface area contributed by atoms with Crippen LogP contribution in [0.2, 0.25) is 0 Å². The number of aromatic nitrogens is 1. The molecular formula is C12H18N2O4. The zero-order valence-electron chi connectivity index (χ0n) is 10.7. The number of pyridine rings is 1. The number of esters is 1. The summed E-state index contributed by atoms with van der Waals surface area (Å²) in [6, 6.07) is 3.19. The monoisotopic (exact) mass is 254 g/mol. The highest BCUT2D eigenvalue weighted by atomic mass is 16.5. The van der Waals surface area contributed by atoms with Crippen molar-refractivity contribution in [3.8, 4) is 0 Å². The van der Waals surface area contributed by atoms with Gasteiger partial charge in [-0.05, 0) is 26.0 Å². The highest BCUT2D eigenvalue weighted by Crippen LogP contribution is 2.16. The van der Waals surface area contributed by atoms with Gasteiger partial charge in [-0.25, -0.2) is 9.78 Å². The Hall–Kier alpha value is -1.66. The highest BCUT2D eigenvalue weighted by molar-refractivity contribution is 5.90. The Morgan fingerprint density at radius 3 is 2.50 bits per heavy atom. The fraction of sp³-hybridized carbons (Fsp3) is 0.500. The van der Waals surface area contributed by atoms with Crippen LogP contribution in [0.3, 0.4) is 0 Å². The van der Waals surface area contributed by atoms with Crippen LogP contribution < -0.4 is 5.32 Å². The quantitative estimate of drug-likeness (QED) is 0.656. The van der Waals surface area contributed by atoms with Gasteiger partial charge in [-0.15, -0.1) is 0 Å². The van der Waals surface area contributed by atoms with E-state index < -0.39 is 11.5 Å². The van der Waals surface area contributed by atoms with Crippen molar-refractivity contribution in [2.24, 2.45) is 0 Å². The molecule has 0 bridgehead atoms. The predicted molar refractivity (Wildman–Crippen MR) is 66.5 cm³/mol. The van der Waals surface area contributed by atoms with Crippen molar-refractivity contribution in [3.05, 3.63) is 23.4 Å². The average molecular weight is 254 g/mol. The summed E-state index contributed by atoms with van der Waals surface area (Å²) in [5.41, 5.74) is 0.0505. The number of ether oxygens (including phenoxy) is 1. The highest BCUT2D eigenvalue weighted by Gasteiger charge is 2.22. The maximum absolute atomic E-state index is 11.4. The van der Waals surface area contributed by atoms with Crippen molar-refractivity contribution in [3.63, 3.8) is 0 Å². The summed E-state index contributed by atoms with van der Waals surface area (Å²) in [5, 5.41) is 21.3. The van der Waals surface area contributed by atoms with Crippen LogP contribution in [0.15, 0.2) is 12.1 Å². The van der Waals surface area contributed by atoms with Crippen LogP contribution in [0.25, 0.3) is 0 Å². The van der Waals surface area contributed by atoms with E-state index in [9.17, 15) is 15.0 Å². The van der Waals surface area contributed by atoms with Crippen LogP contribution in [0.4, 0.5) is 5.82 Å². The van der Waals surface area contributed by atoms with Gasteiger partial charge in [-0.1, -0.05) is 0 Å². The fourth-order valence-electron chi connectivity index (χ4n) is 1.39.